The topological polar surface area (TPSA) is 86.7 Å². The predicted octanol–water partition coefficient (Wildman–Crippen LogP) is 0.322. The average molecular weight is 290 g/mol. The van der Waals surface area contributed by atoms with Gasteiger partial charge in [0.2, 0.25) is 0 Å². The molecule has 2 N–H and O–H groups in total. The maximum Gasteiger partial charge on any atom is 0.402 e. The molecule has 10 heteroatoms. The standard InChI is InChI=1S/C8H13F3N2O4S/c9-8(10,11)5-12-18(16,17)13-4-2-1-3-6(13)7(14)15/h6,12H,1-5H2,(H,14,15). The zero-order valence-electron chi connectivity index (χ0n) is 9.27. The van der Waals surface area contributed by atoms with Crippen LogP contribution >= 0.6 is 0 Å². The Morgan fingerprint density at radius 1 is 1.39 bits per heavy atom. The first kappa shape index (κ1) is 15.2. The zero-order valence-corrected chi connectivity index (χ0v) is 10.1. The van der Waals surface area contributed by atoms with Gasteiger partial charge in [0.1, 0.15) is 12.6 Å². The van der Waals surface area contributed by atoms with E-state index in [2.05, 4.69) is 0 Å². The SMILES string of the molecule is O=C(O)C1CCCCN1S(=O)(=O)NCC(F)(F)F. The molecule has 1 atom stereocenters. The highest BCUT2D eigenvalue weighted by molar-refractivity contribution is 7.87. The van der Waals surface area contributed by atoms with Crippen molar-refractivity contribution < 1.29 is 31.5 Å². The molecule has 0 radical (unpaired) electrons. The summed E-state index contributed by atoms with van der Waals surface area (Å²) in [6.45, 7) is -1.80. The Bertz CT molecular complexity index is 409. The van der Waals surface area contributed by atoms with Crippen LogP contribution in [-0.4, -0.2) is 49.1 Å². The fourth-order valence-corrected chi connectivity index (χ4v) is 3.11. The molecule has 0 saturated carbocycles. The van der Waals surface area contributed by atoms with Crippen molar-refractivity contribution in [1.82, 2.24) is 9.03 Å². The molecule has 6 nitrogen and oxygen atoms in total. The number of rotatable bonds is 4. The molecule has 1 fully saturated rings. The first-order valence-electron chi connectivity index (χ1n) is 5.19. The molecule has 1 heterocycles. The fraction of sp³-hybridized carbons (Fsp3) is 0.875. The first-order chi connectivity index (χ1) is 8.13. The maximum atomic E-state index is 11.9. The van der Waals surface area contributed by atoms with Gasteiger partial charge in [-0.2, -0.15) is 30.6 Å². The molecule has 0 amide bonds. The summed E-state index contributed by atoms with van der Waals surface area (Å²) in [5.74, 6) is -1.35. The van der Waals surface area contributed by atoms with Gasteiger partial charge in [-0.05, 0) is 19.3 Å². The van der Waals surface area contributed by atoms with Gasteiger partial charge in [-0.1, -0.05) is 0 Å². The van der Waals surface area contributed by atoms with E-state index in [4.69, 9.17) is 5.11 Å². The van der Waals surface area contributed by atoms with Gasteiger partial charge in [0.15, 0.2) is 0 Å². The highest BCUT2D eigenvalue weighted by Gasteiger charge is 2.38. The van der Waals surface area contributed by atoms with Crippen LogP contribution in [0.4, 0.5) is 13.2 Å². The summed E-state index contributed by atoms with van der Waals surface area (Å²) in [5, 5.41) is 8.84. The average Bonchev–Trinajstić information content (AvgIpc) is 2.26. The van der Waals surface area contributed by atoms with Crippen molar-refractivity contribution >= 4 is 16.2 Å². The van der Waals surface area contributed by atoms with Crippen molar-refractivity contribution in [2.75, 3.05) is 13.1 Å². The molecule has 1 unspecified atom stereocenters. The summed E-state index contributed by atoms with van der Waals surface area (Å²) in [6.07, 6.45) is -3.62. The molecule has 0 aliphatic carbocycles. The van der Waals surface area contributed by atoms with Crippen molar-refractivity contribution in [2.45, 2.75) is 31.5 Å². The number of carboxylic acids is 1. The van der Waals surface area contributed by atoms with Gasteiger partial charge in [-0.15, -0.1) is 0 Å². The third kappa shape index (κ3) is 4.10. The van der Waals surface area contributed by atoms with E-state index in [-0.39, 0.29) is 13.0 Å². The minimum absolute atomic E-state index is 0.0931. The molecule has 0 spiro atoms. The zero-order chi connectivity index (χ0) is 14.0. The molecular weight excluding hydrogens is 277 g/mol. The molecule has 0 aromatic rings. The minimum atomic E-state index is -4.68. The molecule has 1 saturated heterocycles. The Hall–Kier alpha value is -0.870. The van der Waals surface area contributed by atoms with Crippen molar-refractivity contribution in [3.63, 3.8) is 0 Å². The number of piperidine rings is 1. The van der Waals surface area contributed by atoms with E-state index in [1.165, 1.54) is 4.72 Å². The molecule has 106 valence electrons. The molecule has 0 bridgehead atoms. The van der Waals surface area contributed by atoms with Gasteiger partial charge < -0.3 is 5.11 Å². The minimum Gasteiger partial charge on any atom is -0.480 e. The predicted molar refractivity (Wildman–Crippen MR) is 55.0 cm³/mol. The smallest absolute Gasteiger partial charge is 0.402 e. The van der Waals surface area contributed by atoms with Gasteiger partial charge >= 0.3 is 12.1 Å². The lowest BCUT2D eigenvalue weighted by molar-refractivity contribution is -0.142. The van der Waals surface area contributed by atoms with Crippen LogP contribution in [0.5, 0.6) is 0 Å². The largest absolute Gasteiger partial charge is 0.480 e. The van der Waals surface area contributed by atoms with Crippen molar-refractivity contribution in [1.29, 1.82) is 0 Å². The van der Waals surface area contributed by atoms with Crippen molar-refractivity contribution in [2.24, 2.45) is 0 Å². The first-order valence-corrected chi connectivity index (χ1v) is 6.63. The molecule has 1 aliphatic rings. The molecular formula is C8H13F3N2O4S. The van der Waals surface area contributed by atoms with Gasteiger partial charge in [-0.25, -0.2) is 0 Å². The Balaban J connectivity index is 2.78. The maximum absolute atomic E-state index is 11.9. The quantitative estimate of drug-likeness (QED) is 0.781. The number of alkyl halides is 3. The summed E-state index contributed by atoms with van der Waals surface area (Å²) in [7, 11) is -4.43. The lowest BCUT2D eigenvalue weighted by Gasteiger charge is -2.31. The highest BCUT2D eigenvalue weighted by Crippen LogP contribution is 2.21. The Labute approximate surface area is 102 Å². The Morgan fingerprint density at radius 3 is 2.50 bits per heavy atom. The van der Waals surface area contributed by atoms with Crippen molar-refractivity contribution in [3.05, 3.63) is 0 Å². The normalized spacial score (nSPS) is 22.9. The van der Waals surface area contributed by atoms with Crippen LogP contribution in [0.15, 0.2) is 0 Å². The molecule has 0 aromatic heterocycles. The van der Waals surface area contributed by atoms with Crippen LogP contribution in [0.3, 0.4) is 0 Å². The number of hydrogen-bond acceptors (Lipinski definition) is 3. The van der Waals surface area contributed by atoms with E-state index < -0.39 is 34.9 Å². The number of nitrogens with one attached hydrogen (secondary N) is 1. The van der Waals surface area contributed by atoms with Gasteiger partial charge in [0.25, 0.3) is 10.2 Å². The Kier molecular flexibility index (Phi) is 4.56. The number of aliphatic carboxylic acids is 1. The lowest BCUT2D eigenvalue weighted by atomic mass is 10.1. The van der Waals surface area contributed by atoms with E-state index in [9.17, 15) is 26.4 Å². The lowest BCUT2D eigenvalue weighted by Crippen LogP contribution is -2.53. The second-order valence-electron chi connectivity index (χ2n) is 3.90. The van der Waals surface area contributed by atoms with Gasteiger partial charge in [-0.3, -0.25) is 4.79 Å². The molecule has 0 aromatic carbocycles. The van der Waals surface area contributed by atoms with Gasteiger partial charge in [0.05, 0.1) is 0 Å². The summed E-state index contributed by atoms with van der Waals surface area (Å²) < 4.78 is 61.0. The van der Waals surface area contributed by atoms with E-state index in [0.29, 0.717) is 17.1 Å². The highest BCUT2D eigenvalue weighted by atomic mass is 32.2. The molecule has 1 aliphatic heterocycles. The third-order valence-electron chi connectivity index (χ3n) is 2.50. The van der Waals surface area contributed by atoms with Crippen molar-refractivity contribution in [3.8, 4) is 0 Å². The van der Waals surface area contributed by atoms with E-state index in [1.54, 1.807) is 0 Å². The summed E-state index contributed by atoms with van der Waals surface area (Å²) in [4.78, 5) is 10.9. The summed E-state index contributed by atoms with van der Waals surface area (Å²) in [5.41, 5.74) is 0. The van der Waals surface area contributed by atoms with Crippen LogP contribution < -0.4 is 4.72 Å². The molecule has 1 rings (SSSR count). The Morgan fingerprint density at radius 2 is 2.00 bits per heavy atom. The molecule has 18 heavy (non-hydrogen) atoms. The van der Waals surface area contributed by atoms with E-state index in [1.807, 2.05) is 0 Å². The monoisotopic (exact) mass is 290 g/mol. The third-order valence-corrected chi connectivity index (χ3v) is 4.07. The van der Waals surface area contributed by atoms with Crippen LogP contribution in [0.1, 0.15) is 19.3 Å². The second kappa shape index (κ2) is 5.41. The van der Waals surface area contributed by atoms with E-state index >= 15 is 0 Å². The number of hydrogen-bond donors (Lipinski definition) is 2. The summed E-state index contributed by atoms with van der Waals surface area (Å²) in [6, 6.07) is -1.30. The summed E-state index contributed by atoms with van der Waals surface area (Å²) >= 11 is 0. The van der Waals surface area contributed by atoms with Crippen LogP contribution in [0.2, 0.25) is 0 Å². The number of nitrogens with zero attached hydrogens (tertiary/aromatic N) is 1. The van der Waals surface area contributed by atoms with Crippen LogP contribution in [0, 0.1) is 0 Å². The second-order valence-corrected chi connectivity index (χ2v) is 5.61. The fourth-order valence-electron chi connectivity index (χ4n) is 1.70. The van der Waals surface area contributed by atoms with Crippen LogP contribution in [0.25, 0.3) is 0 Å². The van der Waals surface area contributed by atoms with Crippen LogP contribution in [-0.2, 0) is 15.0 Å². The van der Waals surface area contributed by atoms with Gasteiger partial charge in [0, 0.05) is 6.54 Å². The van der Waals surface area contributed by atoms with E-state index in [0.717, 1.165) is 0 Å². The number of carboxylic acid groups (broad SMARTS) is 1. The number of carbonyl (C=O) groups is 1. The number of halogens is 3.